The number of amides is 1. The molecular weight excluding hydrogens is 283 g/mol. The standard InChI is InChI=1S/C11H11ClF3N3O/c12-8-2-1-3-17-10(8)18-4-6(9(16)19)7(5-18)11(13,14)15/h1-3,6-7H,4-5H2,(H2,16,19)/t6-,7-/m1/s1. The summed E-state index contributed by atoms with van der Waals surface area (Å²) in [5, 5.41) is 0.244. The van der Waals surface area contributed by atoms with Crippen LogP contribution in [0.2, 0.25) is 5.02 Å². The number of hydrogen-bond donors (Lipinski definition) is 1. The number of carbonyl (C=O) groups excluding carboxylic acids is 1. The summed E-state index contributed by atoms with van der Waals surface area (Å²) in [4.78, 5) is 16.5. The lowest BCUT2D eigenvalue weighted by atomic mass is 9.95. The average Bonchev–Trinajstić information content (AvgIpc) is 2.74. The fraction of sp³-hybridized carbons (Fsp3) is 0.455. The van der Waals surface area contributed by atoms with Gasteiger partial charge in [-0.05, 0) is 12.1 Å². The Balaban J connectivity index is 2.28. The summed E-state index contributed by atoms with van der Waals surface area (Å²) in [6.07, 6.45) is -3.04. The molecule has 0 saturated carbocycles. The van der Waals surface area contributed by atoms with Gasteiger partial charge in [0.2, 0.25) is 5.91 Å². The Morgan fingerprint density at radius 2 is 2.16 bits per heavy atom. The van der Waals surface area contributed by atoms with Crippen LogP contribution in [0.1, 0.15) is 0 Å². The van der Waals surface area contributed by atoms with Gasteiger partial charge >= 0.3 is 6.18 Å². The van der Waals surface area contributed by atoms with Crippen molar-refractivity contribution in [2.24, 2.45) is 17.6 Å². The molecule has 0 bridgehead atoms. The number of primary amides is 1. The first-order valence-electron chi connectivity index (χ1n) is 5.52. The second kappa shape index (κ2) is 4.88. The quantitative estimate of drug-likeness (QED) is 0.905. The summed E-state index contributed by atoms with van der Waals surface area (Å²) in [6.45, 7) is -0.496. The molecule has 1 fully saturated rings. The van der Waals surface area contributed by atoms with Gasteiger partial charge in [0.15, 0.2) is 0 Å². The van der Waals surface area contributed by atoms with Crippen LogP contribution in [-0.2, 0) is 4.79 Å². The summed E-state index contributed by atoms with van der Waals surface area (Å²) in [7, 11) is 0. The maximum Gasteiger partial charge on any atom is 0.394 e. The Kier molecular flexibility index (Phi) is 3.58. The van der Waals surface area contributed by atoms with Crippen molar-refractivity contribution < 1.29 is 18.0 Å². The number of nitrogens with two attached hydrogens (primary N) is 1. The van der Waals surface area contributed by atoms with E-state index in [-0.39, 0.29) is 23.9 Å². The van der Waals surface area contributed by atoms with Crippen LogP contribution in [0.25, 0.3) is 0 Å². The van der Waals surface area contributed by atoms with Crippen molar-refractivity contribution in [3.63, 3.8) is 0 Å². The molecule has 1 aromatic rings. The maximum atomic E-state index is 12.9. The van der Waals surface area contributed by atoms with Crippen LogP contribution in [0.15, 0.2) is 18.3 Å². The highest BCUT2D eigenvalue weighted by Gasteiger charge is 2.52. The number of rotatable bonds is 2. The van der Waals surface area contributed by atoms with Crippen molar-refractivity contribution in [1.29, 1.82) is 0 Å². The maximum absolute atomic E-state index is 12.9. The molecule has 0 radical (unpaired) electrons. The van der Waals surface area contributed by atoms with Gasteiger partial charge in [0.25, 0.3) is 0 Å². The first kappa shape index (κ1) is 13.9. The zero-order chi connectivity index (χ0) is 14.2. The minimum atomic E-state index is -4.48. The molecule has 1 amide bonds. The van der Waals surface area contributed by atoms with Crippen LogP contribution >= 0.6 is 11.6 Å². The zero-order valence-electron chi connectivity index (χ0n) is 9.69. The van der Waals surface area contributed by atoms with E-state index in [1.165, 1.54) is 17.2 Å². The van der Waals surface area contributed by atoms with Crippen molar-refractivity contribution >= 4 is 23.3 Å². The van der Waals surface area contributed by atoms with Gasteiger partial charge in [0.05, 0.1) is 16.9 Å². The molecule has 2 atom stereocenters. The van der Waals surface area contributed by atoms with Crippen LogP contribution < -0.4 is 10.6 Å². The molecule has 0 unspecified atom stereocenters. The highest BCUT2D eigenvalue weighted by Crippen LogP contribution is 2.39. The normalized spacial score (nSPS) is 23.7. The topological polar surface area (TPSA) is 59.2 Å². The van der Waals surface area contributed by atoms with E-state index in [1.807, 2.05) is 0 Å². The van der Waals surface area contributed by atoms with Gasteiger partial charge in [-0.2, -0.15) is 13.2 Å². The van der Waals surface area contributed by atoms with E-state index in [0.717, 1.165) is 0 Å². The first-order chi connectivity index (χ1) is 8.80. The second-order valence-corrected chi connectivity index (χ2v) is 4.78. The Morgan fingerprint density at radius 3 is 2.63 bits per heavy atom. The number of hydrogen-bond acceptors (Lipinski definition) is 3. The molecule has 4 nitrogen and oxygen atoms in total. The third kappa shape index (κ3) is 2.75. The highest BCUT2D eigenvalue weighted by atomic mass is 35.5. The van der Waals surface area contributed by atoms with E-state index in [1.54, 1.807) is 6.07 Å². The van der Waals surface area contributed by atoms with E-state index < -0.39 is 23.9 Å². The molecule has 0 spiro atoms. The van der Waals surface area contributed by atoms with Crippen LogP contribution in [0.4, 0.5) is 19.0 Å². The molecule has 2 heterocycles. The zero-order valence-corrected chi connectivity index (χ0v) is 10.4. The van der Waals surface area contributed by atoms with Crippen molar-refractivity contribution in [2.75, 3.05) is 18.0 Å². The smallest absolute Gasteiger partial charge is 0.369 e. The van der Waals surface area contributed by atoms with E-state index in [4.69, 9.17) is 17.3 Å². The van der Waals surface area contributed by atoms with Crippen LogP contribution in [0.5, 0.6) is 0 Å². The van der Waals surface area contributed by atoms with Gasteiger partial charge < -0.3 is 10.6 Å². The molecule has 19 heavy (non-hydrogen) atoms. The van der Waals surface area contributed by atoms with Gasteiger partial charge in [-0.25, -0.2) is 4.98 Å². The minimum absolute atomic E-state index is 0.129. The predicted octanol–water partition coefficient (Wildman–Crippen LogP) is 1.83. The second-order valence-electron chi connectivity index (χ2n) is 4.37. The third-order valence-electron chi connectivity index (χ3n) is 3.14. The lowest BCUT2D eigenvalue weighted by molar-refractivity contribution is -0.181. The summed E-state index contributed by atoms with van der Waals surface area (Å²) in [6, 6.07) is 3.11. The van der Waals surface area contributed by atoms with Crippen molar-refractivity contribution in [2.45, 2.75) is 6.18 Å². The number of nitrogens with zero attached hydrogens (tertiary/aromatic N) is 2. The number of alkyl halides is 3. The molecule has 1 aliphatic rings. The number of aromatic nitrogens is 1. The third-order valence-corrected chi connectivity index (χ3v) is 3.44. The molecule has 0 aliphatic carbocycles. The fourth-order valence-electron chi connectivity index (χ4n) is 2.21. The van der Waals surface area contributed by atoms with Gasteiger partial charge in [-0.15, -0.1) is 0 Å². The van der Waals surface area contributed by atoms with Crippen molar-refractivity contribution in [1.82, 2.24) is 4.98 Å². The molecule has 1 saturated heterocycles. The number of pyridine rings is 1. The fourth-order valence-corrected chi connectivity index (χ4v) is 2.45. The van der Waals surface area contributed by atoms with E-state index in [2.05, 4.69) is 4.98 Å². The summed E-state index contributed by atoms with van der Waals surface area (Å²) >= 11 is 5.89. The Morgan fingerprint density at radius 1 is 1.47 bits per heavy atom. The summed E-state index contributed by atoms with van der Waals surface area (Å²) < 4.78 is 38.6. The van der Waals surface area contributed by atoms with Gasteiger partial charge in [-0.3, -0.25) is 4.79 Å². The Bertz CT molecular complexity index is 494. The van der Waals surface area contributed by atoms with Crippen molar-refractivity contribution in [3.05, 3.63) is 23.4 Å². The molecule has 0 aromatic carbocycles. The van der Waals surface area contributed by atoms with Crippen LogP contribution in [0.3, 0.4) is 0 Å². The molecule has 104 valence electrons. The summed E-state index contributed by atoms with van der Waals surface area (Å²) in [5.41, 5.74) is 5.04. The SMILES string of the molecule is NC(=O)[C@@H]1CN(c2ncccc2Cl)C[C@H]1C(F)(F)F. The van der Waals surface area contributed by atoms with Crippen molar-refractivity contribution in [3.8, 4) is 0 Å². The summed E-state index contributed by atoms with van der Waals surface area (Å²) in [5.74, 6) is -3.79. The van der Waals surface area contributed by atoms with Gasteiger partial charge in [0.1, 0.15) is 5.82 Å². The van der Waals surface area contributed by atoms with Gasteiger partial charge in [-0.1, -0.05) is 11.6 Å². The number of halogens is 4. The van der Waals surface area contributed by atoms with Crippen LogP contribution in [-0.4, -0.2) is 30.2 Å². The molecular formula is C11H11ClF3N3O. The molecule has 1 aromatic heterocycles. The van der Waals surface area contributed by atoms with E-state index in [9.17, 15) is 18.0 Å². The average molecular weight is 294 g/mol. The lowest BCUT2D eigenvalue weighted by Gasteiger charge is -2.19. The molecule has 8 heteroatoms. The molecule has 1 aliphatic heterocycles. The predicted molar refractivity (Wildman–Crippen MR) is 63.7 cm³/mol. The highest BCUT2D eigenvalue weighted by molar-refractivity contribution is 6.32. The Labute approximate surface area is 112 Å². The van der Waals surface area contributed by atoms with E-state index >= 15 is 0 Å². The van der Waals surface area contributed by atoms with Crippen LogP contribution in [0, 0.1) is 11.8 Å². The largest absolute Gasteiger partial charge is 0.394 e. The Hall–Kier alpha value is -1.50. The molecule has 2 N–H and O–H groups in total. The molecule has 2 rings (SSSR count). The number of carbonyl (C=O) groups is 1. The first-order valence-corrected chi connectivity index (χ1v) is 5.90. The number of anilines is 1. The lowest BCUT2D eigenvalue weighted by Crippen LogP contribution is -2.37. The monoisotopic (exact) mass is 293 g/mol. The van der Waals surface area contributed by atoms with E-state index in [0.29, 0.717) is 0 Å². The minimum Gasteiger partial charge on any atom is -0.369 e. The van der Waals surface area contributed by atoms with Gasteiger partial charge in [0, 0.05) is 19.3 Å².